The first kappa shape index (κ1) is 22.7. The highest BCUT2D eigenvalue weighted by atomic mass is 127. The summed E-state index contributed by atoms with van der Waals surface area (Å²) in [4.78, 5) is 14.6. The number of nitrogens with one attached hydrogen (secondary N) is 1. The smallest absolute Gasteiger partial charge is 0.193 e. The SMILES string of the molecule is CCNC(=NCCc1csc(N2CCCC2)n1)N1CCC(CC(C)C)C1.I. The first-order valence-electron chi connectivity index (χ1n) is 10.4. The molecule has 0 radical (unpaired) electrons. The van der Waals surface area contributed by atoms with Gasteiger partial charge in [-0.25, -0.2) is 4.98 Å². The second kappa shape index (κ2) is 11.4. The van der Waals surface area contributed by atoms with Gasteiger partial charge in [-0.15, -0.1) is 35.3 Å². The van der Waals surface area contributed by atoms with Gasteiger partial charge in [-0.05, 0) is 44.4 Å². The lowest BCUT2D eigenvalue weighted by atomic mass is 9.97. The first-order chi connectivity index (χ1) is 12.7. The Morgan fingerprint density at radius 3 is 2.81 bits per heavy atom. The molecule has 1 unspecified atom stereocenters. The molecule has 0 bridgehead atoms. The molecular weight excluding hydrogens is 469 g/mol. The zero-order valence-corrected chi connectivity index (χ0v) is 20.3. The number of hydrogen-bond donors (Lipinski definition) is 1. The van der Waals surface area contributed by atoms with Gasteiger partial charge in [0.2, 0.25) is 0 Å². The highest BCUT2D eigenvalue weighted by Crippen LogP contribution is 2.25. The van der Waals surface area contributed by atoms with Gasteiger partial charge in [-0.2, -0.15) is 0 Å². The van der Waals surface area contributed by atoms with Crippen LogP contribution in [0.1, 0.15) is 52.1 Å². The summed E-state index contributed by atoms with van der Waals surface area (Å²) in [5.41, 5.74) is 1.19. The van der Waals surface area contributed by atoms with E-state index in [1.54, 1.807) is 11.3 Å². The van der Waals surface area contributed by atoms with Gasteiger partial charge in [0.05, 0.1) is 5.69 Å². The molecule has 154 valence electrons. The normalized spacial score (nSPS) is 20.4. The summed E-state index contributed by atoms with van der Waals surface area (Å²) >= 11 is 1.79. The Labute approximate surface area is 186 Å². The molecule has 0 aliphatic carbocycles. The van der Waals surface area contributed by atoms with E-state index in [2.05, 4.69) is 41.3 Å². The number of hydrogen-bond acceptors (Lipinski definition) is 4. The quantitative estimate of drug-likeness (QED) is 0.342. The molecule has 2 fully saturated rings. The van der Waals surface area contributed by atoms with Gasteiger partial charge >= 0.3 is 0 Å². The molecule has 1 aromatic rings. The molecule has 1 atom stereocenters. The average Bonchev–Trinajstić information content (AvgIpc) is 3.35. The fourth-order valence-electron chi connectivity index (χ4n) is 4.05. The maximum Gasteiger partial charge on any atom is 0.193 e. The first-order valence-corrected chi connectivity index (χ1v) is 11.3. The van der Waals surface area contributed by atoms with Crippen LogP contribution in [-0.4, -0.2) is 55.1 Å². The van der Waals surface area contributed by atoms with Crippen molar-refractivity contribution in [2.75, 3.05) is 44.2 Å². The molecular formula is C20H36IN5S. The monoisotopic (exact) mass is 505 g/mol. The molecule has 3 heterocycles. The number of nitrogens with zero attached hydrogens (tertiary/aromatic N) is 4. The van der Waals surface area contributed by atoms with Gasteiger partial charge in [0.15, 0.2) is 11.1 Å². The molecule has 0 amide bonds. The Morgan fingerprint density at radius 1 is 1.33 bits per heavy atom. The number of guanidine groups is 1. The molecule has 2 aliphatic rings. The predicted molar refractivity (Wildman–Crippen MR) is 128 cm³/mol. The van der Waals surface area contributed by atoms with Crippen LogP contribution in [0.5, 0.6) is 0 Å². The molecule has 5 nitrogen and oxygen atoms in total. The minimum atomic E-state index is 0. The van der Waals surface area contributed by atoms with Gasteiger partial charge in [-0.1, -0.05) is 13.8 Å². The van der Waals surface area contributed by atoms with E-state index in [0.717, 1.165) is 50.4 Å². The number of aliphatic imine (C=N–C) groups is 1. The van der Waals surface area contributed by atoms with Crippen molar-refractivity contribution in [1.29, 1.82) is 0 Å². The Balaban J connectivity index is 0.00000261. The van der Waals surface area contributed by atoms with Gasteiger partial charge in [0.1, 0.15) is 0 Å². The number of halogens is 1. The topological polar surface area (TPSA) is 43.8 Å². The Morgan fingerprint density at radius 2 is 2.11 bits per heavy atom. The molecule has 1 N–H and O–H groups in total. The summed E-state index contributed by atoms with van der Waals surface area (Å²) in [6.07, 6.45) is 6.17. The van der Waals surface area contributed by atoms with Crippen LogP contribution in [0.2, 0.25) is 0 Å². The van der Waals surface area contributed by atoms with E-state index in [4.69, 9.17) is 9.98 Å². The highest BCUT2D eigenvalue weighted by Gasteiger charge is 2.25. The van der Waals surface area contributed by atoms with Crippen LogP contribution in [0.15, 0.2) is 10.4 Å². The third-order valence-corrected chi connectivity index (χ3v) is 6.22. The summed E-state index contributed by atoms with van der Waals surface area (Å²) in [5.74, 6) is 2.70. The summed E-state index contributed by atoms with van der Waals surface area (Å²) in [5, 5.41) is 6.90. The molecule has 2 saturated heterocycles. The van der Waals surface area contributed by atoms with Gasteiger partial charge in [0, 0.05) is 51.1 Å². The number of likely N-dealkylation sites (tertiary alicyclic amines) is 1. The van der Waals surface area contributed by atoms with E-state index in [0.29, 0.717) is 0 Å². The fraction of sp³-hybridized carbons (Fsp3) is 0.800. The third-order valence-electron chi connectivity index (χ3n) is 5.27. The van der Waals surface area contributed by atoms with Crippen LogP contribution >= 0.6 is 35.3 Å². The second-order valence-electron chi connectivity index (χ2n) is 8.03. The lowest BCUT2D eigenvalue weighted by Crippen LogP contribution is -2.40. The maximum absolute atomic E-state index is 4.89. The number of aromatic nitrogens is 1. The minimum Gasteiger partial charge on any atom is -0.357 e. The number of thiazole rings is 1. The van der Waals surface area contributed by atoms with Crippen LogP contribution in [0, 0.1) is 11.8 Å². The third kappa shape index (κ3) is 6.76. The molecule has 1 aromatic heterocycles. The average molecular weight is 506 g/mol. The standard InChI is InChI=1S/C20H35N5S.HI/c1-4-21-19(25-12-8-17(14-25)13-16(2)3)22-9-7-18-15-26-20(23-18)24-10-5-6-11-24;/h15-17H,4-14H2,1-3H3,(H,21,22);1H. The van der Waals surface area contributed by atoms with Crippen molar-refractivity contribution < 1.29 is 0 Å². The summed E-state index contributed by atoms with van der Waals surface area (Å²) < 4.78 is 0. The van der Waals surface area contributed by atoms with Gasteiger partial charge < -0.3 is 15.1 Å². The van der Waals surface area contributed by atoms with Crippen molar-refractivity contribution >= 4 is 46.4 Å². The lowest BCUT2D eigenvalue weighted by molar-refractivity contribution is 0.403. The minimum absolute atomic E-state index is 0. The second-order valence-corrected chi connectivity index (χ2v) is 8.87. The Bertz CT molecular complexity index is 583. The predicted octanol–water partition coefficient (Wildman–Crippen LogP) is 4.24. The van der Waals surface area contributed by atoms with E-state index in [9.17, 15) is 0 Å². The van der Waals surface area contributed by atoms with E-state index in [1.807, 2.05) is 0 Å². The maximum atomic E-state index is 4.89. The van der Waals surface area contributed by atoms with E-state index in [-0.39, 0.29) is 24.0 Å². The van der Waals surface area contributed by atoms with Crippen molar-refractivity contribution in [2.45, 2.75) is 52.9 Å². The zero-order chi connectivity index (χ0) is 18.4. The summed E-state index contributed by atoms with van der Waals surface area (Å²) in [6.45, 7) is 13.2. The van der Waals surface area contributed by atoms with Crippen molar-refractivity contribution in [3.05, 3.63) is 11.1 Å². The van der Waals surface area contributed by atoms with Crippen molar-refractivity contribution in [3.8, 4) is 0 Å². The molecule has 0 saturated carbocycles. The Kier molecular flexibility index (Phi) is 9.62. The van der Waals surface area contributed by atoms with Crippen LogP contribution in [0.25, 0.3) is 0 Å². The van der Waals surface area contributed by atoms with Crippen molar-refractivity contribution in [2.24, 2.45) is 16.8 Å². The zero-order valence-electron chi connectivity index (χ0n) is 17.1. The van der Waals surface area contributed by atoms with E-state index >= 15 is 0 Å². The summed E-state index contributed by atoms with van der Waals surface area (Å²) in [7, 11) is 0. The number of rotatable bonds is 7. The van der Waals surface area contributed by atoms with Crippen molar-refractivity contribution in [3.63, 3.8) is 0 Å². The molecule has 0 aromatic carbocycles. The molecule has 27 heavy (non-hydrogen) atoms. The van der Waals surface area contributed by atoms with Crippen LogP contribution < -0.4 is 10.2 Å². The highest BCUT2D eigenvalue weighted by molar-refractivity contribution is 14.0. The molecule has 0 spiro atoms. The Hall–Kier alpha value is -0.570. The largest absolute Gasteiger partial charge is 0.357 e. The fourth-order valence-corrected chi connectivity index (χ4v) is 4.96. The molecule has 3 rings (SSSR count). The lowest BCUT2D eigenvalue weighted by Gasteiger charge is -2.22. The van der Waals surface area contributed by atoms with Crippen LogP contribution in [0.3, 0.4) is 0 Å². The van der Waals surface area contributed by atoms with E-state index in [1.165, 1.54) is 49.6 Å². The van der Waals surface area contributed by atoms with Gasteiger partial charge in [0.25, 0.3) is 0 Å². The molecule has 2 aliphatic heterocycles. The van der Waals surface area contributed by atoms with Gasteiger partial charge in [-0.3, -0.25) is 4.99 Å². The van der Waals surface area contributed by atoms with E-state index < -0.39 is 0 Å². The van der Waals surface area contributed by atoms with Crippen LogP contribution in [-0.2, 0) is 6.42 Å². The van der Waals surface area contributed by atoms with Crippen molar-refractivity contribution in [1.82, 2.24) is 15.2 Å². The summed E-state index contributed by atoms with van der Waals surface area (Å²) in [6, 6.07) is 0. The van der Waals surface area contributed by atoms with Crippen LogP contribution in [0.4, 0.5) is 5.13 Å². The molecule has 7 heteroatoms. The number of anilines is 1.